The Morgan fingerprint density at radius 3 is 2.46 bits per heavy atom. The van der Waals surface area contributed by atoms with Gasteiger partial charge in [-0.15, -0.1) is 0 Å². The van der Waals surface area contributed by atoms with Crippen molar-refractivity contribution in [1.82, 2.24) is 4.90 Å². The third kappa shape index (κ3) is 1.23. The number of rotatable bonds is 1. The van der Waals surface area contributed by atoms with Gasteiger partial charge in [0.2, 0.25) is 0 Å². The summed E-state index contributed by atoms with van der Waals surface area (Å²) in [5.41, 5.74) is 3.41. The van der Waals surface area contributed by atoms with Crippen LogP contribution in [0.2, 0.25) is 0 Å². The van der Waals surface area contributed by atoms with Crippen molar-refractivity contribution in [2.24, 2.45) is 5.73 Å². The fraction of sp³-hybridized carbons (Fsp3) is 0.714. The molecule has 1 heterocycles. The highest BCUT2D eigenvalue weighted by molar-refractivity contribution is 5.86. The van der Waals surface area contributed by atoms with Crippen LogP contribution in [0.5, 0.6) is 0 Å². The Morgan fingerprint density at radius 2 is 2.15 bits per heavy atom. The summed E-state index contributed by atoms with van der Waals surface area (Å²) in [6.45, 7) is 1.47. The van der Waals surface area contributed by atoms with Crippen LogP contribution in [0.1, 0.15) is 13.3 Å². The summed E-state index contributed by atoms with van der Waals surface area (Å²) in [6.07, 6.45) is -0.816. The number of hydrogen-bond acceptors (Lipinski definition) is 3. The molecule has 1 fully saturated rings. The first kappa shape index (κ1) is 9.79. The zero-order chi connectivity index (χ0) is 10.2. The molecule has 0 saturated carbocycles. The highest BCUT2D eigenvalue weighted by Gasteiger charge is 2.52. The average Bonchev–Trinajstić information content (AvgIpc) is 2.30. The topological polar surface area (TPSA) is 104 Å². The number of aliphatic carboxylic acids is 1. The maximum atomic E-state index is 10.8. The lowest BCUT2D eigenvalue weighted by Crippen LogP contribution is -2.57. The number of nitrogens with two attached hydrogens (primary N) is 1. The maximum Gasteiger partial charge on any atom is 0.332 e. The van der Waals surface area contributed by atoms with E-state index < -0.39 is 23.6 Å². The molecular formula is C7H12N2O4. The highest BCUT2D eigenvalue weighted by atomic mass is 16.4. The molecule has 0 aromatic heterocycles. The van der Waals surface area contributed by atoms with Crippen molar-refractivity contribution in [2.45, 2.75) is 25.0 Å². The van der Waals surface area contributed by atoms with Crippen molar-refractivity contribution in [2.75, 3.05) is 6.54 Å². The second-order valence-electron chi connectivity index (χ2n) is 3.25. The average molecular weight is 188 g/mol. The van der Waals surface area contributed by atoms with Gasteiger partial charge < -0.3 is 20.8 Å². The molecule has 0 spiro atoms. The molecule has 1 saturated heterocycles. The number of primary amides is 1. The van der Waals surface area contributed by atoms with Crippen molar-refractivity contribution in [3.63, 3.8) is 0 Å². The molecule has 0 aromatic carbocycles. The molecule has 4 N–H and O–H groups in total. The third-order valence-corrected chi connectivity index (χ3v) is 2.53. The van der Waals surface area contributed by atoms with Crippen LogP contribution in [0.15, 0.2) is 0 Å². The molecule has 1 unspecified atom stereocenters. The number of hydrogen-bond donors (Lipinski definition) is 3. The summed E-state index contributed by atoms with van der Waals surface area (Å²) in [5, 5.41) is 18.3. The van der Waals surface area contributed by atoms with Crippen molar-refractivity contribution in [3.05, 3.63) is 0 Å². The van der Waals surface area contributed by atoms with E-state index in [-0.39, 0.29) is 13.0 Å². The molecule has 13 heavy (non-hydrogen) atoms. The number of aliphatic hydroxyl groups is 1. The van der Waals surface area contributed by atoms with Crippen molar-refractivity contribution < 1.29 is 19.8 Å². The van der Waals surface area contributed by atoms with Crippen LogP contribution in [0.25, 0.3) is 0 Å². The molecule has 1 aliphatic rings. The van der Waals surface area contributed by atoms with E-state index in [0.717, 1.165) is 4.90 Å². The van der Waals surface area contributed by atoms with Crippen LogP contribution >= 0.6 is 0 Å². The molecule has 6 nitrogen and oxygen atoms in total. The summed E-state index contributed by atoms with van der Waals surface area (Å²) < 4.78 is 0. The SMILES string of the molecule is C[C@]1(C(=O)O)C(O)CCN1C(N)=O. The lowest BCUT2D eigenvalue weighted by Gasteiger charge is -2.31. The minimum Gasteiger partial charge on any atom is -0.479 e. The Bertz CT molecular complexity index is 255. The molecule has 0 bridgehead atoms. The van der Waals surface area contributed by atoms with Crippen LogP contribution in [0, 0.1) is 0 Å². The first-order valence-corrected chi connectivity index (χ1v) is 3.89. The summed E-state index contributed by atoms with van der Waals surface area (Å²) >= 11 is 0. The van der Waals surface area contributed by atoms with E-state index in [9.17, 15) is 14.7 Å². The van der Waals surface area contributed by atoms with Gasteiger partial charge in [-0.1, -0.05) is 0 Å². The van der Waals surface area contributed by atoms with Gasteiger partial charge in [0.15, 0.2) is 5.54 Å². The predicted octanol–water partition coefficient (Wildman–Crippen LogP) is -1.02. The van der Waals surface area contributed by atoms with Gasteiger partial charge in [-0.3, -0.25) is 0 Å². The lowest BCUT2D eigenvalue weighted by molar-refractivity contribution is -0.151. The monoisotopic (exact) mass is 188 g/mol. The fourth-order valence-corrected chi connectivity index (χ4v) is 1.54. The first-order chi connectivity index (χ1) is 5.90. The standard InChI is InChI=1S/C7H12N2O4/c1-7(5(11)12)4(10)2-3-9(7)6(8)13/h4,10H,2-3H2,1H3,(H2,8,13)(H,11,12)/t4?,7-/m1/s1. The quantitative estimate of drug-likeness (QED) is 0.489. The van der Waals surface area contributed by atoms with Gasteiger partial charge in [0.25, 0.3) is 0 Å². The van der Waals surface area contributed by atoms with Gasteiger partial charge in [-0.25, -0.2) is 9.59 Å². The van der Waals surface area contributed by atoms with Crippen molar-refractivity contribution in [1.29, 1.82) is 0 Å². The zero-order valence-electron chi connectivity index (χ0n) is 7.23. The Labute approximate surface area is 74.9 Å². The maximum absolute atomic E-state index is 10.8. The summed E-state index contributed by atoms with van der Waals surface area (Å²) in [4.78, 5) is 22.7. The van der Waals surface area contributed by atoms with Crippen LogP contribution in [0.3, 0.4) is 0 Å². The molecule has 0 aromatic rings. The Morgan fingerprint density at radius 1 is 1.62 bits per heavy atom. The number of urea groups is 1. The van der Waals surface area contributed by atoms with E-state index >= 15 is 0 Å². The van der Waals surface area contributed by atoms with Crippen LogP contribution in [-0.4, -0.2) is 45.3 Å². The van der Waals surface area contributed by atoms with Gasteiger partial charge in [0.1, 0.15) is 0 Å². The fourth-order valence-electron chi connectivity index (χ4n) is 1.54. The summed E-state index contributed by atoms with van der Waals surface area (Å²) in [6, 6.07) is -0.818. The number of carbonyl (C=O) groups excluding carboxylic acids is 1. The minimum absolute atomic E-state index is 0.180. The minimum atomic E-state index is -1.58. The number of carboxylic acid groups (broad SMARTS) is 1. The largest absolute Gasteiger partial charge is 0.479 e. The van der Waals surface area contributed by atoms with E-state index in [1.54, 1.807) is 0 Å². The van der Waals surface area contributed by atoms with Gasteiger partial charge in [-0.05, 0) is 13.3 Å². The zero-order valence-corrected chi connectivity index (χ0v) is 7.23. The van der Waals surface area contributed by atoms with Gasteiger partial charge in [0, 0.05) is 6.54 Å². The number of carboxylic acids is 1. The molecule has 2 amide bonds. The highest BCUT2D eigenvalue weighted by Crippen LogP contribution is 2.29. The molecule has 74 valence electrons. The Kier molecular flexibility index (Phi) is 2.17. The van der Waals surface area contributed by atoms with Crippen molar-refractivity contribution >= 4 is 12.0 Å². The molecule has 0 aliphatic carbocycles. The normalized spacial score (nSPS) is 33.4. The van der Waals surface area contributed by atoms with Gasteiger partial charge in [-0.2, -0.15) is 0 Å². The van der Waals surface area contributed by atoms with Crippen molar-refractivity contribution in [3.8, 4) is 0 Å². The third-order valence-electron chi connectivity index (χ3n) is 2.53. The van der Waals surface area contributed by atoms with Gasteiger partial charge >= 0.3 is 12.0 Å². The lowest BCUT2D eigenvalue weighted by atomic mass is 9.96. The van der Waals surface area contributed by atoms with E-state index in [1.807, 2.05) is 0 Å². The Balaban J connectivity index is 3.01. The van der Waals surface area contributed by atoms with Gasteiger partial charge in [0.05, 0.1) is 6.10 Å². The van der Waals surface area contributed by atoms with Crippen LogP contribution in [0.4, 0.5) is 4.79 Å². The van der Waals surface area contributed by atoms with E-state index in [2.05, 4.69) is 0 Å². The number of amides is 2. The molecule has 6 heteroatoms. The number of aliphatic hydroxyl groups excluding tert-OH is 1. The molecule has 1 aliphatic heterocycles. The number of carbonyl (C=O) groups is 2. The van der Waals surface area contributed by atoms with Crippen LogP contribution in [-0.2, 0) is 4.79 Å². The predicted molar refractivity (Wildman–Crippen MR) is 43.0 cm³/mol. The van der Waals surface area contributed by atoms with E-state index in [4.69, 9.17) is 10.8 Å². The number of nitrogens with zero attached hydrogens (tertiary/aromatic N) is 1. The van der Waals surface area contributed by atoms with E-state index in [0.29, 0.717) is 0 Å². The van der Waals surface area contributed by atoms with E-state index in [1.165, 1.54) is 6.92 Å². The molecule has 2 atom stereocenters. The second kappa shape index (κ2) is 2.88. The second-order valence-corrected chi connectivity index (χ2v) is 3.25. The summed E-state index contributed by atoms with van der Waals surface area (Å²) in [5.74, 6) is -1.24. The Hall–Kier alpha value is -1.30. The summed E-state index contributed by atoms with van der Waals surface area (Å²) in [7, 11) is 0. The molecule has 0 radical (unpaired) electrons. The number of likely N-dealkylation sites (tertiary alicyclic amines) is 1. The molecular weight excluding hydrogens is 176 g/mol. The molecule has 1 rings (SSSR count). The van der Waals surface area contributed by atoms with Crippen LogP contribution < -0.4 is 5.73 Å². The first-order valence-electron chi connectivity index (χ1n) is 3.89. The smallest absolute Gasteiger partial charge is 0.332 e.